The van der Waals surface area contributed by atoms with Gasteiger partial charge in [0.15, 0.2) is 0 Å². The highest BCUT2D eigenvalue weighted by molar-refractivity contribution is 6.32. The molecule has 0 atom stereocenters. The number of carbonyl (C=O) groups is 1. The van der Waals surface area contributed by atoms with E-state index in [-0.39, 0.29) is 5.02 Å². The monoisotopic (exact) mass is 298 g/mol. The Bertz CT molecular complexity index is 550. The molecule has 0 unspecified atom stereocenters. The third kappa shape index (κ3) is 5.71. The van der Waals surface area contributed by atoms with Gasteiger partial charge in [-0.3, -0.25) is 15.4 Å². The molecule has 108 valence electrons. The lowest BCUT2D eigenvalue weighted by atomic mass is 10.2. The van der Waals surface area contributed by atoms with E-state index < -0.39 is 16.6 Å². The van der Waals surface area contributed by atoms with Gasteiger partial charge in [0.2, 0.25) is 6.20 Å². The zero-order valence-corrected chi connectivity index (χ0v) is 12.1. The molecule has 1 aromatic rings. The quantitative estimate of drug-likeness (QED) is 0.677. The van der Waals surface area contributed by atoms with Gasteiger partial charge in [-0.1, -0.05) is 17.7 Å². The van der Waals surface area contributed by atoms with E-state index in [1.54, 1.807) is 32.9 Å². The zero-order chi connectivity index (χ0) is 15.3. The highest BCUT2D eigenvalue weighted by Gasteiger charge is 2.16. The van der Waals surface area contributed by atoms with Gasteiger partial charge < -0.3 is 4.74 Å². The summed E-state index contributed by atoms with van der Waals surface area (Å²) < 4.78 is 5.09. The van der Waals surface area contributed by atoms with E-state index in [1.165, 1.54) is 12.1 Å². The Morgan fingerprint density at radius 1 is 1.45 bits per heavy atom. The van der Waals surface area contributed by atoms with Crippen LogP contribution in [-0.2, 0) is 4.74 Å². The average molecular weight is 299 g/mol. The van der Waals surface area contributed by atoms with E-state index >= 15 is 0 Å². The maximum absolute atomic E-state index is 11.6. The van der Waals surface area contributed by atoms with E-state index in [4.69, 9.17) is 16.3 Å². The van der Waals surface area contributed by atoms with Crippen molar-refractivity contribution in [3.05, 3.63) is 45.1 Å². The van der Waals surface area contributed by atoms with E-state index in [1.807, 2.05) is 0 Å². The van der Waals surface area contributed by atoms with Gasteiger partial charge in [0.1, 0.15) is 5.60 Å². The van der Waals surface area contributed by atoms with Crippen LogP contribution in [0.1, 0.15) is 26.3 Å². The van der Waals surface area contributed by atoms with Crippen LogP contribution in [0.4, 0.5) is 10.5 Å². The first-order chi connectivity index (χ1) is 9.17. The lowest BCUT2D eigenvalue weighted by Crippen LogP contribution is -2.27. The third-order valence-corrected chi connectivity index (χ3v) is 2.35. The molecule has 0 aliphatic carbocycles. The Labute approximate surface area is 121 Å². The van der Waals surface area contributed by atoms with Gasteiger partial charge in [-0.05, 0) is 38.5 Å². The van der Waals surface area contributed by atoms with Crippen molar-refractivity contribution in [1.82, 2.24) is 0 Å². The number of ether oxygens (including phenoxy) is 1. The second kappa shape index (κ2) is 6.38. The summed E-state index contributed by atoms with van der Waals surface area (Å²) in [5, 5.41) is 13.0. The van der Waals surface area contributed by atoms with Gasteiger partial charge >= 0.3 is 6.09 Å². The number of nitrogens with zero attached hydrogens (tertiary/aromatic N) is 1. The number of benzene rings is 1. The number of amides is 1. The maximum Gasteiger partial charge on any atom is 0.412 e. The minimum Gasteiger partial charge on any atom is -0.444 e. The van der Waals surface area contributed by atoms with E-state index in [2.05, 4.69) is 5.32 Å². The van der Waals surface area contributed by atoms with E-state index in [9.17, 15) is 14.9 Å². The van der Waals surface area contributed by atoms with Crippen molar-refractivity contribution >= 4 is 29.5 Å². The fourth-order valence-corrected chi connectivity index (χ4v) is 1.55. The third-order valence-electron chi connectivity index (χ3n) is 2.02. The summed E-state index contributed by atoms with van der Waals surface area (Å²) in [6.45, 7) is 5.27. The Kier molecular flexibility index (Phi) is 5.10. The molecular formula is C13H15ClN2O4. The SMILES string of the molecule is CC(C)(C)OC(=O)Nc1ccc(/C=C/[N+](=O)[O-])c(Cl)c1. The zero-order valence-electron chi connectivity index (χ0n) is 11.3. The van der Waals surface area contributed by atoms with Crippen molar-refractivity contribution in [3.63, 3.8) is 0 Å². The molecule has 20 heavy (non-hydrogen) atoms. The predicted octanol–water partition coefficient (Wildman–Crippen LogP) is 3.93. The number of hydrogen-bond donors (Lipinski definition) is 1. The molecule has 0 aliphatic heterocycles. The Hall–Kier alpha value is -2.08. The van der Waals surface area contributed by atoms with Crippen LogP contribution in [0.3, 0.4) is 0 Å². The molecule has 1 aromatic carbocycles. The highest BCUT2D eigenvalue weighted by Crippen LogP contribution is 2.22. The number of hydrogen-bond acceptors (Lipinski definition) is 4. The van der Waals surface area contributed by atoms with Crippen LogP contribution >= 0.6 is 11.6 Å². The Balaban J connectivity index is 2.78. The molecule has 6 nitrogen and oxygen atoms in total. The van der Waals surface area contributed by atoms with Crippen LogP contribution in [0.5, 0.6) is 0 Å². The van der Waals surface area contributed by atoms with Crippen LogP contribution in [-0.4, -0.2) is 16.6 Å². The molecular weight excluding hydrogens is 284 g/mol. The number of anilines is 1. The second-order valence-corrected chi connectivity index (χ2v) is 5.37. The Morgan fingerprint density at radius 2 is 2.10 bits per heavy atom. The van der Waals surface area contributed by atoms with Crippen molar-refractivity contribution in [2.75, 3.05) is 5.32 Å². The lowest BCUT2D eigenvalue weighted by Gasteiger charge is -2.19. The molecule has 0 aromatic heterocycles. The maximum atomic E-state index is 11.6. The summed E-state index contributed by atoms with van der Waals surface area (Å²) in [5.74, 6) is 0. The summed E-state index contributed by atoms with van der Waals surface area (Å²) in [6.07, 6.45) is 1.48. The number of nitrogens with one attached hydrogen (secondary N) is 1. The van der Waals surface area contributed by atoms with Gasteiger partial charge in [0.05, 0.1) is 9.95 Å². The van der Waals surface area contributed by atoms with Gasteiger partial charge in [-0.15, -0.1) is 0 Å². The van der Waals surface area contributed by atoms with Crippen molar-refractivity contribution < 1.29 is 14.5 Å². The Morgan fingerprint density at radius 3 is 2.60 bits per heavy atom. The standard InChI is InChI=1S/C13H15ClN2O4/c1-13(2,3)20-12(17)15-10-5-4-9(11(14)8-10)6-7-16(18)19/h4-8H,1-3H3,(H,15,17)/b7-6+. The van der Waals surface area contributed by atoms with Crippen LogP contribution in [0, 0.1) is 10.1 Å². The summed E-state index contributed by atoms with van der Waals surface area (Å²) in [7, 11) is 0. The van der Waals surface area contributed by atoms with E-state index in [0.717, 1.165) is 6.20 Å². The number of rotatable bonds is 3. The normalized spacial score (nSPS) is 11.4. The molecule has 0 bridgehead atoms. The van der Waals surface area contributed by atoms with Gasteiger partial charge in [0.25, 0.3) is 0 Å². The number of nitro groups is 1. The first-order valence-electron chi connectivity index (χ1n) is 5.78. The average Bonchev–Trinajstić information content (AvgIpc) is 2.24. The fourth-order valence-electron chi connectivity index (χ4n) is 1.30. The van der Waals surface area contributed by atoms with Crippen molar-refractivity contribution in [2.24, 2.45) is 0 Å². The first kappa shape index (κ1) is 16.0. The summed E-state index contributed by atoms with van der Waals surface area (Å²) in [6, 6.07) is 4.63. The summed E-state index contributed by atoms with van der Waals surface area (Å²) >= 11 is 5.96. The molecule has 7 heteroatoms. The topological polar surface area (TPSA) is 81.5 Å². The fraction of sp³-hybridized carbons (Fsp3) is 0.308. The molecule has 0 heterocycles. The molecule has 0 radical (unpaired) electrons. The van der Waals surface area contributed by atoms with Crippen LogP contribution in [0.25, 0.3) is 6.08 Å². The highest BCUT2D eigenvalue weighted by atomic mass is 35.5. The summed E-state index contributed by atoms with van der Waals surface area (Å²) in [4.78, 5) is 21.2. The molecule has 0 spiro atoms. The minimum atomic E-state index is -0.595. The molecule has 1 N–H and O–H groups in total. The molecule has 0 fully saturated rings. The van der Waals surface area contributed by atoms with Crippen molar-refractivity contribution in [1.29, 1.82) is 0 Å². The van der Waals surface area contributed by atoms with Gasteiger partial charge in [-0.2, -0.15) is 0 Å². The van der Waals surface area contributed by atoms with Gasteiger partial charge in [-0.25, -0.2) is 4.79 Å². The second-order valence-electron chi connectivity index (χ2n) is 4.96. The molecule has 0 aliphatic rings. The molecule has 0 saturated heterocycles. The van der Waals surface area contributed by atoms with Crippen molar-refractivity contribution in [3.8, 4) is 0 Å². The largest absolute Gasteiger partial charge is 0.444 e. The smallest absolute Gasteiger partial charge is 0.412 e. The summed E-state index contributed by atoms with van der Waals surface area (Å²) in [5.41, 5.74) is 0.336. The number of carbonyl (C=O) groups excluding carboxylic acids is 1. The molecule has 1 rings (SSSR count). The van der Waals surface area contributed by atoms with Crippen LogP contribution in [0.15, 0.2) is 24.4 Å². The molecule has 1 amide bonds. The van der Waals surface area contributed by atoms with Crippen molar-refractivity contribution in [2.45, 2.75) is 26.4 Å². The minimum absolute atomic E-state index is 0.289. The lowest BCUT2D eigenvalue weighted by molar-refractivity contribution is -0.400. The molecule has 0 saturated carbocycles. The van der Waals surface area contributed by atoms with Crippen LogP contribution < -0.4 is 5.32 Å². The van der Waals surface area contributed by atoms with E-state index in [0.29, 0.717) is 11.3 Å². The predicted molar refractivity (Wildman–Crippen MR) is 77.3 cm³/mol. The first-order valence-corrected chi connectivity index (χ1v) is 6.16. The van der Waals surface area contributed by atoms with Crippen LogP contribution in [0.2, 0.25) is 5.02 Å². The van der Waals surface area contributed by atoms with Gasteiger partial charge in [0, 0.05) is 11.8 Å². The number of halogens is 1.